The summed E-state index contributed by atoms with van der Waals surface area (Å²) in [6.45, 7) is 3.20. The quantitative estimate of drug-likeness (QED) is 0.927. The Hall–Kier alpha value is -1.87. The van der Waals surface area contributed by atoms with Crippen LogP contribution >= 0.6 is 0 Å². The molecule has 2 aromatic rings. The highest BCUT2D eigenvalue weighted by atomic mass is 19.1. The SMILES string of the molecule is CC(O)(CN1CCc2ccccc21)c1ccc(F)cc1. The first kappa shape index (κ1) is 13.1. The van der Waals surface area contributed by atoms with Gasteiger partial charge >= 0.3 is 0 Å². The Balaban J connectivity index is 1.82. The topological polar surface area (TPSA) is 23.5 Å². The van der Waals surface area contributed by atoms with Crippen molar-refractivity contribution >= 4 is 5.69 Å². The van der Waals surface area contributed by atoms with Gasteiger partial charge < -0.3 is 10.0 Å². The second-order valence-corrected chi connectivity index (χ2v) is 5.58. The van der Waals surface area contributed by atoms with Crippen LogP contribution in [0.1, 0.15) is 18.1 Å². The average Bonchev–Trinajstić information content (AvgIpc) is 2.82. The molecule has 3 heteroatoms. The molecule has 0 aromatic heterocycles. The molecule has 1 N–H and O–H groups in total. The lowest BCUT2D eigenvalue weighted by molar-refractivity contribution is 0.0648. The van der Waals surface area contributed by atoms with Gasteiger partial charge in [-0.15, -0.1) is 0 Å². The highest BCUT2D eigenvalue weighted by molar-refractivity contribution is 5.58. The number of benzene rings is 2. The Morgan fingerprint density at radius 1 is 1.15 bits per heavy atom. The first-order valence-electron chi connectivity index (χ1n) is 6.87. The predicted octanol–water partition coefficient (Wildman–Crippen LogP) is 3.10. The van der Waals surface area contributed by atoms with E-state index < -0.39 is 5.60 Å². The zero-order valence-corrected chi connectivity index (χ0v) is 11.5. The molecule has 0 radical (unpaired) electrons. The lowest BCUT2D eigenvalue weighted by Gasteiger charge is -2.31. The van der Waals surface area contributed by atoms with Crippen LogP contribution in [0.3, 0.4) is 0 Å². The van der Waals surface area contributed by atoms with Crippen molar-refractivity contribution < 1.29 is 9.50 Å². The molecule has 0 bridgehead atoms. The van der Waals surface area contributed by atoms with E-state index in [1.54, 1.807) is 19.1 Å². The van der Waals surface area contributed by atoms with Gasteiger partial charge in [0.05, 0.1) is 6.54 Å². The molecule has 3 rings (SSSR count). The van der Waals surface area contributed by atoms with Crippen molar-refractivity contribution in [2.45, 2.75) is 18.9 Å². The van der Waals surface area contributed by atoms with Crippen LogP contribution in [0.5, 0.6) is 0 Å². The first-order valence-corrected chi connectivity index (χ1v) is 6.87. The second-order valence-electron chi connectivity index (χ2n) is 5.58. The molecule has 2 aromatic carbocycles. The molecule has 104 valence electrons. The summed E-state index contributed by atoms with van der Waals surface area (Å²) < 4.78 is 13.0. The summed E-state index contributed by atoms with van der Waals surface area (Å²) in [7, 11) is 0. The molecule has 1 aliphatic rings. The Labute approximate surface area is 118 Å². The molecule has 0 aliphatic carbocycles. The summed E-state index contributed by atoms with van der Waals surface area (Å²) in [5.74, 6) is -0.281. The van der Waals surface area contributed by atoms with Crippen LogP contribution in [0.15, 0.2) is 48.5 Å². The normalized spacial score (nSPS) is 16.9. The van der Waals surface area contributed by atoms with Crippen LogP contribution in [0.2, 0.25) is 0 Å². The number of hydrogen-bond donors (Lipinski definition) is 1. The molecule has 1 aliphatic heterocycles. The summed E-state index contributed by atoms with van der Waals surface area (Å²) in [4.78, 5) is 2.19. The minimum Gasteiger partial charge on any atom is -0.384 e. The fourth-order valence-corrected chi connectivity index (χ4v) is 2.84. The van der Waals surface area contributed by atoms with Crippen LogP contribution in [0.25, 0.3) is 0 Å². The molecule has 0 fully saturated rings. The molecule has 2 nitrogen and oxygen atoms in total. The molecule has 1 unspecified atom stereocenters. The van der Waals surface area contributed by atoms with Crippen LogP contribution in [0.4, 0.5) is 10.1 Å². The van der Waals surface area contributed by atoms with Gasteiger partial charge in [-0.05, 0) is 42.7 Å². The van der Waals surface area contributed by atoms with Crippen molar-refractivity contribution in [2.75, 3.05) is 18.0 Å². The van der Waals surface area contributed by atoms with Crippen LogP contribution in [0, 0.1) is 5.82 Å². The predicted molar refractivity (Wildman–Crippen MR) is 78.3 cm³/mol. The standard InChI is InChI=1S/C17H18FNO/c1-17(20,14-6-8-15(18)9-7-14)12-19-11-10-13-4-2-3-5-16(13)19/h2-9,20H,10-12H2,1H3. The van der Waals surface area contributed by atoms with Gasteiger partial charge in [0.2, 0.25) is 0 Å². The molecular formula is C17H18FNO. The molecular weight excluding hydrogens is 253 g/mol. The van der Waals surface area contributed by atoms with E-state index in [0.29, 0.717) is 6.54 Å². The molecule has 1 atom stereocenters. The van der Waals surface area contributed by atoms with Crippen LogP contribution in [-0.4, -0.2) is 18.2 Å². The number of halogens is 1. The first-order chi connectivity index (χ1) is 9.56. The molecule has 0 saturated carbocycles. The van der Waals surface area contributed by atoms with Crippen molar-refractivity contribution in [3.8, 4) is 0 Å². The molecule has 20 heavy (non-hydrogen) atoms. The monoisotopic (exact) mass is 271 g/mol. The molecule has 0 saturated heterocycles. The van der Waals surface area contributed by atoms with Crippen molar-refractivity contribution in [1.82, 2.24) is 0 Å². The Bertz CT molecular complexity index is 607. The number of fused-ring (bicyclic) bond motifs is 1. The number of β-amino-alcohol motifs (C(OH)–C–C–N with tert-alkyl or cyclic N) is 1. The smallest absolute Gasteiger partial charge is 0.123 e. The van der Waals surface area contributed by atoms with Crippen molar-refractivity contribution in [2.24, 2.45) is 0 Å². The number of rotatable bonds is 3. The summed E-state index contributed by atoms with van der Waals surface area (Å²) >= 11 is 0. The highest BCUT2D eigenvalue weighted by Crippen LogP contribution is 2.31. The lowest BCUT2D eigenvalue weighted by atomic mass is 9.95. The van der Waals surface area contributed by atoms with Gasteiger partial charge in [-0.3, -0.25) is 0 Å². The third-order valence-electron chi connectivity index (χ3n) is 3.95. The zero-order valence-electron chi connectivity index (χ0n) is 11.5. The minimum atomic E-state index is -0.995. The number of anilines is 1. The Morgan fingerprint density at radius 2 is 1.85 bits per heavy atom. The number of hydrogen-bond acceptors (Lipinski definition) is 2. The minimum absolute atomic E-state index is 0.281. The summed E-state index contributed by atoms with van der Waals surface area (Å²) in [5, 5.41) is 10.7. The number of para-hydroxylation sites is 1. The molecule has 0 spiro atoms. The molecule has 1 heterocycles. The zero-order chi connectivity index (χ0) is 14.2. The molecule has 0 amide bonds. The van der Waals surface area contributed by atoms with Crippen molar-refractivity contribution in [3.63, 3.8) is 0 Å². The summed E-state index contributed by atoms with van der Waals surface area (Å²) in [6.07, 6.45) is 1.01. The van der Waals surface area contributed by atoms with E-state index in [9.17, 15) is 9.50 Å². The third-order valence-corrected chi connectivity index (χ3v) is 3.95. The van der Waals surface area contributed by atoms with Gasteiger partial charge in [-0.2, -0.15) is 0 Å². The summed E-state index contributed by atoms with van der Waals surface area (Å²) in [5.41, 5.74) is 2.26. The largest absolute Gasteiger partial charge is 0.384 e. The number of nitrogens with zero attached hydrogens (tertiary/aromatic N) is 1. The highest BCUT2D eigenvalue weighted by Gasteiger charge is 2.29. The van der Waals surface area contributed by atoms with Crippen LogP contribution < -0.4 is 4.90 Å². The Kier molecular flexibility index (Phi) is 3.22. The lowest BCUT2D eigenvalue weighted by Crippen LogP contribution is -2.38. The van der Waals surface area contributed by atoms with Gasteiger partial charge in [-0.25, -0.2) is 4.39 Å². The second kappa shape index (κ2) is 4.91. The van der Waals surface area contributed by atoms with Gasteiger partial charge in [0.25, 0.3) is 0 Å². The third kappa shape index (κ3) is 2.41. The fourth-order valence-electron chi connectivity index (χ4n) is 2.84. The van der Waals surface area contributed by atoms with E-state index in [2.05, 4.69) is 17.0 Å². The van der Waals surface area contributed by atoms with E-state index >= 15 is 0 Å². The fraction of sp³-hybridized carbons (Fsp3) is 0.294. The van der Waals surface area contributed by atoms with Gasteiger partial charge in [-0.1, -0.05) is 30.3 Å². The number of aliphatic hydroxyl groups is 1. The van der Waals surface area contributed by atoms with Gasteiger partial charge in [0, 0.05) is 12.2 Å². The van der Waals surface area contributed by atoms with E-state index in [-0.39, 0.29) is 5.82 Å². The van der Waals surface area contributed by atoms with E-state index in [1.165, 1.54) is 23.4 Å². The van der Waals surface area contributed by atoms with E-state index in [4.69, 9.17) is 0 Å². The maximum atomic E-state index is 13.0. The summed E-state index contributed by atoms with van der Waals surface area (Å²) in [6, 6.07) is 14.4. The maximum Gasteiger partial charge on any atom is 0.123 e. The van der Waals surface area contributed by atoms with E-state index in [0.717, 1.165) is 18.5 Å². The van der Waals surface area contributed by atoms with Gasteiger partial charge in [0.15, 0.2) is 0 Å². The van der Waals surface area contributed by atoms with Crippen molar-refractivity contribution in [1.29, 1.82) is 0 Å². The van der Waals surface area contributed by atoms with Crippen LogP contribution in [-0.2, 0) is 12.0 Å². The average molecular weight is 271 g/mol. The maximum absolute atomic E-state index is 13.0. The van der Waals surface area contributed by atoms with Gasteiger partial charge in [0.1, 0.15) is 11.4 Å². The van der Waals surface area contributed by atoms with E-state index in [1.807, 2.05) is 12.1 Å². The van der Waals surface area contributed by atoms with Crippen molar-refractivity contribution in [3.05, 3.63) is 65.5 Å². The Morgan fingerprint density at radius 3 is 2.60 bits per heavy atom.